The van der Waals surface area contributed by atoms with E-state index in [2.05, 4.69) is 22.1 Å². The second-order valence-electron chi connectivity index (χ2n) is 5.65. The molecule has 2 rings (SSSR count). The smallest absolute Gasteiger partial charge is 0.193 e. The molecule has 1 fully saturated rings. The number of rotatable bonds is 3. The minimum Gasteiger partial charge on any atom is -0.356 e. The highest BCUT2D eigenvalue weighted by Gasteiger charge is 2.18. The Morgan fingerprint density at radius 1 is 1.50 bits per heavy atom. The van der Waals surface area contributed by atoms with Gasteiger partial charge in [-0.1, -0.05) is 24.6 Å². The van der Waals surface area contributed by atoms with Crippen LogP contribution in [0.5, 0.6) is 0 Å². The van der Waals surface area contributed by atoms with E-state index in [9.17, 15) is 4.39 Å². The number of nitrogens with one attached hydrogen (secondary N) is 1. The van der Waals surface area contributed by atoms with Gasteiger partial charge in [-0.15, -0.1) is 24.0 Å². The summed E-state index contributed by atoms with van der Waals surface area (Å²) in [5.74, 6) is 1.36. The van der Waals surface area contributed by atoms with E-state index in [1.165, 1.54) is 25.0 Å². The second kappa shape index (κ2) is 9.55. The Morgan fingerprint density at radius 2 is 2.27 bits per heavy atom. The van der Waals surface area contributed by atoms with E-state index in [4.69, 9.17) is 11.6 Å². The van der Waals surface area contributed by atoms with Gasteiger partial charge in [-0.25, -0.2) is 4.39 Å². The van der Waals surface area contributed by atoms with Crippen LogP contribution in [0.1, 0.15) is 25.3 Å². The van der Waals surface area contributed by atoms with Crippen molar-refractivity contribution in [3.05, 3.63) is 34.6 Å². The molecule has 1 aromatic rings. The Labute approximate surface area is 154 Å². The van der Waals surface area contributed by atoms with E-state index in [0.29, 0.717) is 10.9 Å². The fourth-order valence-electron chi connectivity index (χ4n) is 2.75. The molecule has 0 radical (unpaired) electrons. The van der Waals surface area contributed by atoms with E-state index in [1.807, 2.05) is 7.05 Å². The minimum absolute atomic E-state index is 0. The predicted molar refractivity (Wildman–Crippen MR) is 102 cm³/mol. The molecule has 0 amide bonds. The van der Waals surface area contributed by atoms with Crippen LogP contribution < -0.4 is 5.32 Å². The van der Waals surface area contributed by atoms with Gasteiger partial charge in [0.25, 0.3) is 0 Å². The van der Waals surface area contributed by atoms with Gasteiger partial charge in [0, 0.05) is 31.7 Å². The van der Waals surface area contributed by atoms with Crippen LogP contribution in [-0.4, -0.2) is 37.5 Å². The first-order valence-corrected chi connectivity index (χ1v) is 7.87. The molecule has 0 aromatic heterocycles. The average Bonchev–Trinajstić information content (AvgIpc) is 2.45. The molecule has 1 aliphatic rings. The second-order valence-corrected chi connectivity index (χ2v) is 6.06. The van der Waals surface area contributed by atoms with Crippen molar-refractivity contribution in [2.45, 2.75) is 26.2 Å². The van der Waals surface area contributed by atoms with Gasteiger partial charge in [-0.2, -0.15) is 0 Å². The summed E-state index contributed by atoms with van der Waals surface area (Å²) in [5.41, 5.74) is 0.952. The first-order chi connectivity index (χ1) is 10.1. The maximum Gasteiger partial charge on any atom is 0.193 e. The molecule has 3 nitrogen and oxygen atoms in total. The summed E-state index contributed by atoms with van der Waals surface area (Å²) in [7, 11) is 1.81. The van der Waals surface area contributed by atoms with Crippen molar-refractivity contribution in [3.63, 3.8) is 0 Å². The largest absolute Gasteiger partial charge is 0.356 e. The summed E-state index contributed by atoms with van der Waals surface area (Å²) >= 11 is 6.04. The number of likely N-dealkylation sites (tertiary alicyclic amines) is 1. The number of hydrogen-bond acceptors (Lipinski definition) is 1. The Morgan fingerprint density at radius 3 is 2.91 bits per heavy atom. The van der Waals surface area contributed by atoms with Crippen molar-refractivity contribution in [2.75, 3.05) is 26.7 Å². The first-order valence-electron chi connectivity index (χ1n) is 7.49. The average molecular weight is 440 g/mol. The molecule has 1 aliphatic heterocycles. The molecule has 124 valence electrons. The molecule has 6 heteroatoms. The monoisotopic (exact) mass is 439 g/mol. The third-order valence-electron chi connectivity index (χ3n) is 3.86. The highest BCUT2D eigenvalue weighted by molar-refractivity contribution is 14.0. The lowest BCUT2D eigenvalue weighted by Crippen LogP contribution is -2.46. The Bertz CT molecular complexity index is 510. The van der Waals surface area contributed by atoms with E-state index in [-0.39, 0.29) is 29.8 Å². The zero-order chi connectivity index (χ0) is 15.2. The van der Waals surface area contributed by atoms with Crippen LogP contribution in [0, 0.1) is 11.7 Å². The van der Waals surface area contributed by atoms with E-state index >= 15 is 0 Å². The summed E-state index contributed by atoms with van der Waals surface area (Å²) in [6, 6.07) is 4.55. The zero-order valence-corrected chi connectivity index (χ0v) is 16.2. The minimum atomic E-state index is -0.296. The van der Waals surface area contributed by atoms with Gasteiger partial charge in [0.1, 0.15) is 5.82 Å². The number of piperidine rings is 1. The molecule has 0 aliphatic carbocycles. The number of halogens is 3. The Hall–Kier alpha value is -0.560. The zero-order valence-electron chi connectivity index (χ0n) is 13.1. The van der Waals surface area contributed by atoms with Gasteiger partial charge in [0.15, 0.2) is 5.96 Å². The van der Waals surface area contributed by atoms with Crippen molar-refractivity contribution in [3.8, 4) is 0 Å². The van der Waals surface area contributed by atoms with Crippen molar-refractivity contribution >= 4 is 41.5 Å². The fraction of sp³-hybridized carbons (Fsp3) is 0.562. The van der Waals surface area contributed by atoms with Crippen LogP contribution in [0.25, 0.3) is 0 Å². The quantitative estimate of drug-likeness (QED) is 0.439. The molecular formula is C16H24ClFIN3. The molecule has 0 saturated carbocycles. The molecule has 1 N–H and O–H groups in total. The van der Waals surface area contributed by atoms with Crippen molar-refractivity contribution in [1.29, 1.82) is 0 Å². The SMILES string of the molecule is CN=C(NCCc1ccc(F)cc1Cl)N1CCCC(C)C1.I. The van der Waals surface area contributed by atoms with Crippen LogP contribution >= 0.6 is 35.6 Å². The highest BCUT2D eigenvalue weighted by Crippen LogP contribution is 2.18. The summed E-state index contributed by atoms with van der Waals surface area (Å²) in [4.78, 5) is 6.66. The third-order valence-corrected chi connectivity index (χ3v) is 4.21. The van der Waals surface area contributed by atoms with Crippen molar-refractivity contribution in [2.24, 2.45) is 10.9 Å². The topological polar surface area (TPSA) is 27.6 Å². The summed E-state index contributed by atoms with van der Waals surface area (Å²) in [6.07, 6.45) is 3.26. The number of benzene rings is 1. The molecule has 1 atom stereocenters. The predicted octanol–water partition coefficient (Wildman–Crippen LogP) is 3.95. The van der Waals surface area contributed by atoms with Gasteiger partial charge < -0.3 is 10.2 Å². The lowest BCUT2D eigenvalue weighted by molar-refractivity contribution is 0.266. The van der Waals surface area contributed by atoms with Gasteiger partial charge in [-0.3, -0.25) is 4.99 Å². The van der Waals surface area contributed by atoms with Crippen LogP contribution in [0.4, 0.5) is 4.39 Å². The van der Waals surface area contributed by atoms with Crippen molar-refractivity contribution < 1.29 is 4.39 Å². The van der Waals surface area contributed by atoms with Gasteiger partial charge in [0.05, 0.1) is 0 Å². The van der Waals surface area contributed by atoms with E-state index in [1.54, 1.807) is 6.07 Å². The molecule has 1 heterocycles. The molecule has 1 saturated heterocycles. The van der Waals surface area contributed by atoms with Gasteiger partial charge in [-0.05, 0) is 42.9 Å². The number of guanidine groups is 1. The summed E-state index contributed by atoms with van der Waals surface area (Å²) in [5, 5.41) is 3.86. The lowest BCUT2D eigenvalue weighted by atomic mass is 10.0. The summed E-state index contributed by atoms with van der Waals surface area (Å²) < 4.78 is 13.0. The van der Waals surface area contributed by atoms with E-state index < -0.39 is 0 Å². The van der Waals surface area contributed by atoms with Crippen LogP contribution in [0.15, 0.2) is 23.2 Å². The normalized spacial score (nSPS) is 18.8. The first kappa shape index (κ1) is 19.5. The van der Waals surface area contributed by atoms with Crippen molar-refractivity contribution in [1.82, 2.24) is 10.2 Å². The van der Waals surface area contributed by atoms with E-state index in [0.717, 1.165) is 37.6 Å². The number of hydrogen-bond donors (Lipinski definition) is 1. The van der Waals surface area contributed by atoms with Gasteiger partial charge in [0.2, 0.25) is 0 Å². The molecule has 0 spiro atoms. The van der Waals surface area contributed by atoms with Crippen LogP contribution in [-0.2, 0) is 6.42 Å². The number of nitrogens with zero attached hydrogens (tertiary/aromatic N) is 2. The highest BCUT2D eigenvalue weighted by atomic mass is 127. The molecule has 1 aromatic carbocycles. The fourth-order valence-corrected chi connectivity index (χ4v) is 3.01. The standard InChI is InChI=1S/C16H23ClFN3.HI/c1-12-4-3-9-21(11-12)16(19-2)20-8-7-13-5-6-14(18)10-15(13)17;/h5-6,10,12H,3-4,7-9,11H2,1-2H3,(H,19,20);1H. The summed E-state index contributed by atoms with van der Waals surface area (Å²) in [6.45, 7) is 5.12. The molecular weight excluding hydrogens is 416 g/mol. The molecule has 1 unspecified atom stereocenters. The Kier molecular flexibility index (Phi) is 8.46. The number of aliphatic imine (C=N–C) groups is 1. The molecule has 22 heavy (non-hydrogen) atoms. The van der Waals surface area contributed by atoms with Crippen LogP contribution in [0.2, 0.25) is 5.02 Å². The maximum absolute atomic E-state index is 13.0. The van der Waals surface area contributed by atoms with Gasteiger partial charge >= 0.3 is 0 Å². The van der Waals surface area contributed by atoms with Crippen LogP contribution in [0.3, 0.4) is 0 Å². The lowest BCUT2D eigenvalue weighted by Gasteiger charge is -2.33. The molecule has 0 bridgehead atoms. The Balaban J connectivity index is 0.00000242. The third kappa shape index (κ3) is 5.57. The maximum atomic E-state index is 13.0.